The number of alkyl halides is 2. The van der Waals surface area contributed by atoms with Gasteiger partial charge in [-0.25, -0.2) is 8.78 Å². The van der Waals surface area contributed by atoms with Crippen molar-refractivity contribution < 1.29 is 26.9 Å². The van der Waals surface area contributed by atoms with Gasteiger partial charge < -0.3 is 5.11 Å². The van der Waals surface area contributed by atoms with Crippen molar-refractivity contribution in [3.63, 3.8) is 0 Å². The van der Waals surface area contributed by atoms with Gasteiger partial charge in [-0.15, -0.1) is 0 Å². The number of hydrogen-bond acceptors (Lipinski definition) is 3. The Labute approximate surface area is 56.2 Å². The molecule has 0 spiro atoms. The molecule has 0 aromatic rings. The molecule has 0 amide bonds. The lowest BCUT2D eigenvalue weighted by atomic mass is 10.5. The van der Waals surface area contributed by atoms with Gasteiger partial charge in [-0.3, -0.25) is 4.55 Å². The van der Waals surface area contributed by atoms with Crippen LogP contribution in [0.2, 0.25) is 0 Å². The third kappa shape index (κ3) is 2.54. The summed E-state index contributed by atoms with van der Waals surface area (Å²) in [5.41, 5.74) is -2.68. The van der Waals surface area contributed by atoms with E-state index in [1.165, 1.54) is 0 Å². The first-order chi connectivity index (χ1) is 4.39. The van der Waals surface area contributed by atoms with E-state index in [1.807, 2.05) is 0 Å². The van der Waals surface area contributed by atoms with Crippen LogP contribution >= 0.6 is 0 Å². The molecule has 0 aliphatic heterocycles. The van der Waals surface area contributed by atoms with Crippen molar-refractivity contribution in [1.82, 2.24) is 0 Å². The summed E-state index contributed by atoms with van der Waals surface area (Å²) in [6, 6.07) is 0. The first-order valence-electron chi connectivity index (χ1n) is 2.24. The second-order valence-corrected chi connectivity index (χ2v) is 3.09. The van der Waals surface area contributed by atoms with Crippen molar-refractivity contribution in [1.29, 1.82) is 0 Å². The fourth-order valence-corrected chi connectivity index (χ4v) is 0.709. The standard InChI is InChI=1S/C3H6F2O4S/c4-1-2(5)3(6)10(7,8)9/h2-3,6H,1H2,(H,7,8,9). The molecule has 4 nitrogen and oxygen atoms in total. The molecule has 10 heavy (non-hydrogen) atoms. The van der Waals surface area contributed by atoms with E-state index in [0.29, 0.717) is 0 Å². The van der Waals surface area contributed by atoms with Crippen LogP contribution in [0.1, 0.15) is 0 Å². The van der Waals surface area contributed by atoms with E-state index in [0.717, 1.165) is 0 Å². The monoisotopic (exact) mass is 176 g/mol. The summed E-state index contributed by atoms with van der Waals surface area (Å²) in [7, 11) is -4.87. The van der Waals surface area contributed by atoms with Crippen molar-refractivity contribution >= 4 is 10.1 Å². The smallest absolute Gasteiger partial charge is 0.295 e. The molecule has 0 aliphatic rings. The molecule has 0 aromatic heterocycles. The number of aliphatic hydroxyl groups excluding tert-OH is 1. The summed E-state index contributed by atoms with van der Waals surface area (Å²) in [4.78, 5) is 0. The molecule has 0 saturated carbocycles. The van der Waals surface area contributed by atoms with Gasteiger partial charge in [0.15, 0.2) is 6.17 Å². The molecular weight excluding hydrogens is 170 g/mol. The highest BCUT2D eigenvalue weighted by molar-refractivity contribution is 7.86. The predicted molar refractivity (Wildman–Crippen MR) is 28.4 cm³/mol. The Kier molecular flexibility index (Phi) is 3.13. The molecule has 0 aromatic carbocycles. The zero-order valence-electron chi connectivity index (χ0n) is 4.74. The molecular formula is C3H6F2O4S. The number of rotatable bonds is 3. The molecule has 0 saturated heterocycles. The third-order valence-electron chi connectivity index (χ3n) is 0.762. The molecule has 0 bridgehead atoms. The highest BCUT2D eigenvalue weighted by atomic mass is 32.2. The van der Waals surface area contributed by atoms with E-state index < -0.39 is 28.4 Å². The van der Waals surface area contributed by atoms with Gasteiger partial charge in [0.05, 0.1) is 0 Å². The third-order valence-corrected chi connectivity index (χ3v) is 1.67. The maximum atomic E-state index is 11.9. The van der Waals surface area contributed by atoms with Crippen LogP contribution < -0.4 is 0 Å². The van der Waals surface area contributed by atoms with Gasteiger partial charge in [-0.1, -0.05) is 0 Å². The largest absolute Gasteiger partial charge is 0.373 e. The van der Waals surface area contributed by atoms with E-state index in [2.05, 4.69) is 0 Å². The highest BCUT2D eigenvalue weighted by Crippen LogP contribution is 2.05. The minimum atomic E-state index is -4.87. The van der Waals surface area contributed by atoms with Crippen molar-refractivity contribution in [2.75, 3.05) is 6.67 Å². The Morgan fingerprint density at radius 1 is 1.50 bits per heavy atom. The number of aliphatic hydroxyl groups is 1. The summed E-state index contributed by atoms with van der Waals surface area (Å²) >= 11 is 0. The molecule has 0 radical (unpaired) electrons. The fraction of sp³-hybridized carbons (Fsp3) is 1.00. The Morgan fingerprint density at radius 3 is 2.00 bits per heavy atom. The van der Waals surface area contributed by atoms with Crippen LogP contribution in [0, 0.1) is 0 Å². The van der Waals surface area contributed by atoms with E-state index in [1.54, 1.807) is 0 Å². The second kappa shape index (κ2) is 3.22. The molecule has 0 fully saturated rings. The van der Waals surface area contributed by atoms with Crippen LogP contribution in [0.25, 0.3) is 0 Å². The van der Waals surface area contributed by atoms with Crippen LogP contribution in [0.3, 0.4) is 0 Å². The highest BCUT2D eigenvalue weighted by Gasteiger charge is 2.29. The molecule has 0 aliphatic carbocycles. The molecule has 0 heterocycles. The van der Waals surface area contributed by atoms with Crippen molar-refractivity contribution in [3.05, 3.63) is 0 Å². The molecule has 2 N–H and O–H groups in total. The molecule has 7 heteroatoms. The number of halogens is 2. The lowest BCUT2D eigenvalue weighted by molar-refractivity contribution is 0.111. The zero-order chi connectivity index (χ0) is 8.36. The second-order valence-electron chi connectivity index (χ2n) is 1.58. The Bertz CT molecular complexity index is 189. The van der Waals surface area contributed by atoms with E-state index in [4.69, 9.17) is 9.66 Å². The first kappa shape index (κ1) is 9.73. The summed E-state index contributed by atoms with van der Waals surface area (Å²) in [6.07, 6.45) is -2.59. The van der Waals surface area contributed by atoms with Crippen molar-refractivity contribution in [3.8, 4) is 0 Å². The van der Waals surface area contributed by atoms with Crippen LogP contribution in [-0.4, -0.2) is 36.4 Å². The summed E-state index contributed by atoms with van der Waals surface area (Å²) in [5.74, 6) is 0. The van der Waals surface area contributed by atoms with Crippen LogP contribution in [-0.2, 0) is 10.1 Å². The van der Waals surface area contributed by atoms with E-state index in [9.17, 15) is 17.2 Å². The summed E-state index contributed by atoms with van der Waals surface area (Å²) < 4.78 is 50.7. The first-order valence-corrected chi connectivity index (χ1v) is 3.74. The van der Waals surface area contributed by atoms with Crippen molar-refractivity contribution in [2.24, 2.45) is 0 Å². The molecule has 2 atom stereocenters. The van der Waals surface area contributed by atoms with E-state index in [-0.39, 0.29) is 0 Å². The Morgan fingerprint density at radius 2 is 1.90 bits per heavy atom. The zero-order valence-corrected chi connectivity index (χ0v) is 5.55. The summed E-state index contributed by atoms with van der Waals surface area (Å²) in [6.45, 7) is -1.65. The predicted octanol–water partition coefficient (Wildman–Crippen LogP) is -0.500. The molecule has 62 valence electrons. The van der Waals surface area contributed by atoms with Gasteiger partial charge in [0.25, 0.3) is 10.1 Å². The normalized spacial score (nSPS) is 18.4. The minimum Gasteiger partial charge on any atom is -0.373 e. The average molecular weight is 176 g/mol. The van der Waals surface area contributed by atoms with Gasteiger partial charge in [0, 0.05) is 0 Å². The quantitative estimate of drug-likeness (QED) is 0.568. The lowest BCUT2D eigenvalue weighted by Gasteiger charge is -2.07. The van der Waals surface area contributed by atoms with Crippen LogP contribution in [0.15, 0.2) is 0 Å². The summed E-state index contributed by atoms with van der Waals surface area (Å²) in [5, 5.41) is 8.20. The number of hydrogen-bond donors (Lipinski definition) is 2. The van der Waals surface area contributed by atoms with Gasteiger partial charge in [-0.05, 0) is 0 Å². The molecule has 2 unspecified atom stereocenters. The van der Waals surface area contributed by atoms with Gasteiger partial charge in [0.1, 0.15) is 6.67 Å². The fourth-order valence-electron chi connectivity index (χ4n) is 0.263. The minimum absolute atomic E-state index is 1.65. The lowest BCUT2D eigenvalue weighted by Crippen LogP contribution is -2.31. The average Bonchev–Trinajstić information content (AvgIpc) is 1.83. The maximum Gasteiger partial charge on any atom is 0.295 e. The van der Waals surface area contributed by atoms with Crippen LogP contribution in [0.5, 0.6) is 0 Å². The topological polar surface area (TPSA) is 74.6 Å². The molecule has 0 rings (SSSR count). The van der Waals surface area contributed by atoms with Crippen molar-refractivity contribution in [2.45, 2.75) is 11.6 Å². The SMILES string of the molecule is O=S(=O)(O)C(O)C(F)CF. The van der Waals surface area contributed by atoms with Gasteiger partial charge >= 0.3 is 0 Å². The Hall–Kier alpha value is -0.270. The van der Waals surface area contributed by atoms with Crippen LogP contribution in [0.4, 0.5) is 8.78 Å². The Balaban J connectivity index is 4.23. The maximum absolute atomic E-state index is 11.9. The van der Waals surface area contributed by atoms with Gasteiger partial charge in [-0.2, -0.15) is 8.42 Å². The van der Waals surface area contributed by atoms with Gasteiger partial charge in [0.2, 0.25) is 5.44 Å². The van der Waals surface area contributed by atoms with E-state index >= 15 is 0 Å².